The second-order valence-electron chi connectivity index (χ2n) is 6.57. The number of fused-ring (bicyclic) bond motifs is 1. The average Bonchev–Trinajstić information content (AvgIpc) is 2.98. The summed E-state index contributed by atoms with van der Waals surface area (Å²) in [4.78, 5) is 6.27. The maximum absolute atomic E-state index is 13.1. The first-order valence-corrected chi connectivity index (χ1v) is 9.43. The third-order valence-corrected chi connectivity index (χ3v) is 6.21. The smallest absolute Gasteiger partial charge is 0.123 e. The lowest BCUT2D eigenvalue weighted by Gasteiger charge is -2.37. The van der Waals surface area contributed by atoms with Crippen LogP contribution in [0.2, 0.25) is 0 Å². The summed E-state index contributed by atoms with van der Waals surface area (Å²) in [7, 11) is 0. The summed E-state index contributed by atoms with van der Waals surface area (Å²) in [6, 6.07) is 13.1. The molecule has 5 heteroatoms. The molecule has 24 heavy (non-hydrogen) atoms. The van der Waals surface area contributed by atoms with Crippen molar-refractivity contribution in [3.63, 3.8) is 0 Å². The summed E-state index contributed by atoms with van der Waals surface area (Å²) in [6.07, 6.45) is 0. The van der Waals surface area contributed by atoms with Crippen LogP contribution < -0.4 is 10.6 Å². The molecule has 2 heterocycles. The van der Waals surface area contributed by atoms with E-state index in [2.05, 4.69) is 21.9 Å². The summed E-state index contributed by atoms with van der Waals surface area (Å²) in [5.74, 6) is 1.55. The highest BCUT2D eigenvalue weighted by Gasteiger charge is 2.27. The highest BCUT2D eigenvalue weighted by molar-refractivity contribution is 7.99. The zero-order chi connectivity index (χ0) is 16.5. The molecule has 1 unspecified atom stereocenters. The first-order valence-electron chi connectivity index (χ1n) is 8.44. The Hall–Kier alpha value is -1.72. The van der Waals surface area contributed by atoms with E-state index in [0.29, 0.717) is 5.92 Å². The maximum Gasteiger partial charge on any atom is 0.123 e. The van der Waals surface area contributed by atoms with Gasteiger partial charge in [-0.05, 0) is 48.0 Å². The van der Waals surface area contributed by atoms with E-state index in [0.717, 1.165) is 49.9 Å². The van der Waals surface area contributed by atoms with Gasteiger partial charge in [0.05, 0.1) is 0 Å². The minimum absolute atomic E-state index is 0.172. The van der Waals surface area contributed by atoms with Crippen molar-refractivity contribution in [2.24, 2.45) is 0 Å². The molecule has 2 N–H and O–H groups in total. The van der Waals surface area contributed by atoms with Crippen molar-refractivity contribution in [3.05, 3.63) is 53.8 Å². The molecule has 2 aliphatic heterocycles. The molecule has 0 spiro atoms. The largest absolute Gasteiger partial charge is 0.399 e. The van der Waals surface area contributed by atoms with Crippen LogP contribution in [0.25, 0.3) is 0 Å². The van der Waals surface area contributed by atoms with Gasteiger partial charge in [-0.15, -0.1) is 11.8 Å². The number of nitrogens with zero attached hydrogens (tertiary/aromatic N) is 2. The number of rotatable bonds is 3. The molecule has 2 aromatic rings. The van der Waals surface area contributed by atoms with Gasteiger partial charge in [0.25, 0.3) is 0 Å². The summed E-state index contributed by atoms with van der Waals surface area (Å²) < 4.78 is 13.1. The van der Waals surface area contributed by atoms with Crippen LogP contribution in [0.5, 0.6) is 0 Å². The molecular weight excluding hydrogens is 321 g/mol. The number of nitrogen functional groups attached to an aromatic ring is 1. The number of nitrogens with two attached hydrogens (primary N) is 1. The lowest BCUT2D eigenvalue weighted by Crippen LogP contribution is -2.47. The third-order valence-electron chi connectivity index (χ3n) is 4.96. The van der Waals surface area contributed by atoms with Gasteiger partial charge < -0.3 is 10.6 Å². The summed E-state index contributed by atoms with van der Waals surface area (Å²) >= 11 is 1.94. The summed E-state index contributed by atoms with van der Waals surface area (Å²) in [5.41, 5.74) is 9.36. The first kappa shape index (κ1) is 15.8. The van der Waals surface area contributed by atoms with Gasteiger partial charge in [-0.3, -0.25) is 4.90 Å². The third kappa shape index (κ3) is 3.23. The lowest BCUT2D eigenvalue weighted by atomic mass is 10.00. The molecule has 1 fully saturated rings. The fourth-order valence-electron chi connectivity index (χ4n) is 3.60. The van der Waals surface area contributed by atoms with Gasteiger partial charge in [0.2, 0.25) is 0 Å². The number of thioether (sulfide) groups is 1. The minimum Gasteiger partial charge on any atom is -0.399 e. The van der Waals surface area contributed by atoms with Crippen molar-refractivity contribution in [3.8, 4) is 0 Å². The molecule has 1 atom stereocenters. The van der Waals surface area contributed by atoms with E-state index in [1.54, 1.807) is 12.1 Å². The molecule has 0 amide bonds. The van der Waals surface area contributed by atoms with E-state index in [4.69, 9.17) is 5.73 Å². The number of halogens is 1. The quantitative estimate of drug-likeness (QED) is 0.866. The highest BCUT2D eigenvalue weighted by atomic mass is 32.2. The predicted molar refractivity (Wildman–Crippen MR) is 99.4 cm³/mol. The van der Waals surface area contributed by atoms with E-state index >= 15 is 0 Å². The van der Waals surface area contributed by atoms with Gasteiger partial charge in [-0.1, -0.05) is 0 Å². The number of anilines is 2. The Labute approximate surface area is 146 Å². The topological polar surface area (TPSA) is 32.5 Å². The Balaban J connectivity index is 1.36. The second kappa shape index (κ2) is 6.65. The van der Waals surface area contributed by atoms with Gasteiger partial charge >= 0.3 is 0 Å². The van der Waals surface area contributed by atoms with Crippen LogP contribution in [0.3, 0.4) is 0 Å². The maximum atomic E-state index is 13.1. The molecule has 2 aromatic carbocycles. The second-order valence-corrected chi connectivity index (χ2v) is 7.63. The Morgan fingerprint density at radius 3 is 2.54 bits per heavy atom. The summed E-state index contributed by atoms with van der Waals surface area (Å²) in [5, 5.41) is 0. The zero-order valence-corrected chi connectivity index (χ0v) is 14.4. The minimum atomic E-state index is -0.172. The standard InChI is InChI=1S/C19H22FN3S/c20-15-1-4-17(5-2-15)23-9-7-22(8-10-23)12-14-13-24-19-6-3-16(21)11-18(14)19/h1-6,11,14H,7-10,12-13,21H2. The van der Waals surface area contributed by atoms with Crippen molar-refractivity contribution >= 4 is 23.1 Å². The van der Waals surface area contributed by atoms with Gasteiger partial charge in [0.15, 0.2) is 0 Å². The van der Waals surface area contributed by atoms with Crippen molar-refractivity contribution in [1.29, 1.82) is 0 Å². The van der Waals surface area contributed by atoms with Crippen LogP contribution in [-0.4, -0.2) is 43.4 Å². The van der Waals surface area contributed by atoms with Crippen LogP contribution >= 0.6 is 11.8 Å². The van der Waals surface area contributed by atoms with E-state index in [9.17, 15) is 4.39 Å². The molecule has 126 valence electrons. The Kier molecular flexibility index (Phi) is 4.37. The SMILES string of the molecule is Nc1ccc2c(c1)C(CN1CCN(c3ccc(F)cc3)CC1)CS2. The van der Waals surface area contributed by atoms with Crippen molar-refractivity contribution in [2.45, 2.75) is 10.8 Å². The van der Waals surface area contributed by atoms with Crippen molar-refractivity contribution < 1.29 is 4.39 Å². The van der Waals surface area contributed by atoms with Crippen LogP contribution in [0, 0.1) is 5.82 Å². The monoisotopic (exact) mass is 343 g/mol. The first-order chi connectivity index (χ1) is 11.7. The van der Waals surface area contributed by atoms with Crippen molar-refractivity contribution in [2.75, 3.05) is 49.1 Å². The van der Waals surface area contributed by atoms with Crippen LogP contribution in [-0.2, 0) is 0 Å². The molecule has 3 nitrogen and oxygen atoms in total. The molecule has 4 rings (SSSR count). The van der Waals surface area contributed by atoms with Gasteiger partial charge in [0.1, 0.15) is 5.82 Å². The van der Waals surface area contributed by atoms with Crippen LogP contribution in [0.4, 0.5) is 15.8 Å². The van der Waals surface area contributed by atoms with Crippen LogP contribution in [0.1, 0.15) is 11.5 Å². The fraction of sp³-hybridized carbons (Fsp3) is 0.368. The van der Waals surface area contributed by atoms with E-state index in [1.807, 2.05) is 30.0 Å². The van der Waals surface area contributed by atoms with Crippen molar-refractivity contribution in [1.82, 2.24) is 4.90 Å². The highest BCUT2D eigenvalue weighted by Crippen LogP contribution is 2.40. The van der Waals surface area contributed by atoms with Gasteiger partial charge in [0, 0.05) is 60.7 Å². The molecule has 0 saturated carbocycles. The molecular formula is C19H22FN3S. The van der Waals surface area contributed by atoms with Crippen LogP contribution in [0.15, 0.2) is 47.4 Å². The van der Waals surface area contributed by atoms with Gasteiger partial charge in [-0.25, -0.2) is 4.39 Å². The molecule has 2 aliphatic rings. The normalized spacial score (nSPS) is 21.0. The Bertz CT molecular complexity index is 711. The lowest BCUT2D eigenvalue weighted by molar-refractivity contribution is 0.247. The van der Waals surface area contributed by atoms with E-state index < -0.39 is 0 Å². The predicted octanol–water partition coefficient (Wildman–Crippen LogP) is 3.42. The molecule has 0 radical (unpaired) electrons. The molecule has 0 bridgehead atoms. The Morgan fingerprint density at radius 1 is 1.04 bits per heavy atom. The zero-order valence-electron chi connectivity index (χ0n) is 13.6. The summed E-state index contributed by atoms with van der Waals surface area (Å²) in [6.45, 7) is 5.19. The molecule has 0 aliphatic carbocycles. The van der Waals surface area contributed by atoms with E-state index in [1.165, 1.54) is 10.5 Å². The number of hydrogen-bond acceptors (Lipinski definition) is 4. The van der Waals surface area contributed by atoms with E-state index in [-0.39, 0.29) is 5.82 Å². The average molecular weight is 343 g/mol. The molecule has 0 aromatic heterocycles. The molecule has 1 saturated heterocycles. The van der Waals surface area contributed by atoms with Gasteiger partial charge in [-0.2, -0.15) is 0 Å². The number of piperazine rings is 1. The Morgan fingerprint density at radius 2 is 1.79 bits per heavy atom. The fourth-order valence-corrected chi connectivity index (χ4v) is 4.82. The number of hydrogen-bond donors (Lipinski definition) is 1. The number of benzene rings is 2.